The molecule has 3 rings (SSSR count). The first kappa shape index (κ1) is 14.5. The highest BCUT2D eigenvalue weighted by atomic mass is 79.9. The number of hydrogen-bond acceptors (Lipinski definition) is 2. The smallest absolute Gasteiger partial charge is 0.224 e. The average molecular weight is 348 g/mol. The first-order valence-electron chi connectivity index (χ1n) is 7.31. The van der Waals surface area contributed by atoms with Crippen molar-refractivity contribution in [3.63, 3.8) is 0 Å². The Balaban J connectivity index is 1.61. The molecule has 0 radical (unpaired) electrons. The van der Waals surface area contributed by atoms with E-state index in [1.165, 1.54) is 0 Å². The van der Waals surface area contributed by atoms with E-state index in [-0.39, 0.29) is 12.0 Å². The Bertz CT molecular complexity index is 650. The van der Waals surface area contributed by atoms with Crippen LogP contribution in [0.25, 0.3) is 10.8 Å². The van der Waals surface area contributed by atoms with Crippen LogP contribution in [-0.2, 0) is 9.53 Å². The average Bonchev–Trinajstić information content (AvgIpc) is 2.99. The van der Waals surface area contributed by atoms with E-state index < -0.39 is 0 Å². The van der Waals surface area contributed by atoms with Gasteiger partial charge in [0.05, 0.1) is 6.10 Å². The molecule has 1 N–H and O–H groups in total. The molecule has 1 fully saturated rings. The van der Waals surface area contributed by atoms with Gasteiger partial charge in [-0.15, -0.1) is 0 Å². The van der Waals surface area contributed by atoms with Crippen molar-refractivity contribution < 1.29 is 9.53 Å². The first-order valence-corrected chi connectivity index (χ1v) is 8.11. The van der Waals surface area contributed by atoms with E-state index in [1.807, 2.05) is 30.3 Å². The van der Waals surface area contributed by atoms with Crippen molar-refractivity contribution in [2.75, 3.05) is 11.9 Å². The second kappa shape index (κ2) is 6.58. The van der Waals surface area contributed by atoms with Gasteiger partial charge in [0.1, 0.15) is 0 Å². The highest BCUT2D eigenvalue weighted by molar-refractivity contribution is 9.10. The van der Waals surface area contributed by atoms with Crippen molar-refractivity contribution in [2.24, 2.45) is 0 Å². The zero-order chi connectivity index (χ0) is 14.7. The molecule has 0 spiro atoms. The van der Waals surface area contributed by atoms with Crippen LogP contribution in [0.5, 0.6) is 0 Å². The second-order valence-electron chi connectivity index (χ2n) is 5.43. The normalized spacial score (nSPS) is 18.0. The lowest BCUT2D eigenvalue weighted by Gasteiger charge is -2.10. The fourth-order valence-corrected chi connectivity index (χ4v) is 3.06. The molecule has 0 saturated carbocycles. The molecule has 0 aromatic heterocycles. The summed E-state index contributed by atoms with van der Waals surface area (Å²) in [4.78, 5) is 12.0. The van der Waals surface area contributed by atoms with Crippen LogP contribution >= 0.6 is 15.9 Å². The number of anilines is 1. The van der Waals surface area contributed by atoms with Crippen LogP contribution in [0.2, 0.25) is 0 Å². The molecule has 1 unspecified atom stereocenters. The summed E-state index contributed by atoms with van der Waals surface area (Å²) in [6, 6.07) is 12.1. The van der Waals surface area contributed by atoms with E-state index in [0.29, 0.717) is 6.42 Å². The Morgan fingerprint density at radius 1 is 1.24 bits per heavy atom. The first-order chi connectivity index (χ1) is 10.2. The third-order valence-corrected chi connectivity index (χ3v) is 4.30. The number of carbonyl (C=O) groups is 1. The molecule has 0 bridgehead atoms. The standard InChI is InChI=1S/C17H18BrNO2/c18-14-5-3-13-11-15(6-4-12(13)10-14)19-17(20)8-7-16-2-1-9-21-16/h3-6,10-11,16H,1-2,7-9H2,(H,19,20). The Morgan fingerprint density at radius 2 is 2.05 bits per heavy atom. The minimum absolute atomic E-state index is 0.0574. The number of hydrogen-bond donors (Lipinski definition) is 1. The van der Waals surface area contributed by atoms with Gasteiger partial charge in [-0.3, -0.25) is 4.79 Å². The van der Waals surface area contributed by atoms with Crippen molar-refractivity contribution in [2.45, 2.75) is 31.8 Å². The fourth-order valence-electron chi connectivity index (χ4n) is 2.68. The van der Waals surface area contributed by atoms with Crippen molar-refractivity contribution in [1.29, 1.82) is 0 Å². The number of carbonyl (C=O) groups excluding carboxylic acids is 1. The molecule has 1 aliphatic heterocycles. The van der Waals surface area contributed by atoms with Gasteiger partial charge in [0.15, 0.2) is 0 Å². The molecule has 1 aliphatic rings. The fraction of sp³-hybridized carbons (Fsp3) is 0.353. The van der Waals surface area contributed by atoms with Gasteiger partial charge in [-0.2, -0.15) is 0 Å². The molecule has 4 heteroatoms. The number of fused-ring (bicyclic) bond motifs is 1. The molecule has 1 heterocycles. The van der Waals surface area contributed by atoms with E-state index in [0.717, 1.165) is 46.8 Å². The molecule has 1 atom stereocenters. The monoisotopic (exact) mass is 347 g/mol. The lowest BCUT2D eigenvalue weighted by atomic mass is 10.1. The SMILES string of the molecule is O=C(CCC1CCCO1)Nc1ccc2cc(Br)ccc2c1. The summed E-state index contributed by atoms with van der Waals surface area (Å²) in [6.45, 7) is 0.840. The van der Waals surface area contributed by atoms with Gasteiger partial charge in [-0.25, -0.2) is 0 Å². The third-order valence-electron chi connectivity index (χ3n) is 3.80. The summed E-state index contributed by atoms with van der Waals surface area (Å²) in [7, 11) is 0. The third kappa shape index (κ3) is 3.83. The maximum Gasteiger partial charge on any atom is 0.224 e. The number of ether oxygens (including phenoxy) is 1. The molecule has 3 nitrogen and oxygen atoms in total. The maximum atomic E-state index is 12.0. The number of halogens is 1. The molecular formula is C17H18BrNO2. The van der Waals surface area contributed by atoms with Gasteiger partial charge in [-0.05, 0) is 54.3 Å². The highest BCUT2D eigenvalue weighted by Crippen LogP contribution is 2.23. The highest BCUT2D eigenvalue weighted by Gasteiger charge is 2.16. The second-order valence-corrected chi connectivity index (χ2v) is 6.34. The Hall–Kier alpha value is -1.39. The minimum atomic E-state index is 0.0574. The van der Waals surface area contributed by atoms with Gasteiger partial charge in [0.25, 0.3) is 0 Å². The van der Waals surface area contributed by atoms with Crippen LogP contribution in [0.1, 0.15) is 25.7 Å². The van der Waals surface area contributed by atoms with Crippen LogP contribution in [0.15, 0.2) is 40.9 Å². The molecule has 1 amide bonds. The van der Waals surface area contributed by atoms with Crippen LogP contribution in [-0.4, -0.2) is 18.6 Å². The molecule has 21 heavy (non-hydrogen) atoms. The Kier molecular flexibility index (Phi) is 4.56. The summed E-state index contributed by atoms with van der Waals surface area (Å²) in [5.41, 5.74) is 0.849. The summed E-state index contributed by atoms with van der Waals surface area (Å²) in [5, 5.41) is 5.24. The van der Waals surface area contributed by atoms with Crippen molar-refractivity contribution in [3.8, 4) is 0 Å². The van der Waals surface area contributed by atoms with E-state index >= 15 is 0 Å². The molecular weight excluding hydrogens is 330 g/mol. The lowest BCUT2D eigenvalue weighted by molar-refractivity contribution is -0.116. The van der Waals surface area contributed by atoms with E-state index in [4.69, 9.17) is 4.74 Å². The van der Waals surface area contributed by atoms with E-state index in [1.54, 1.807) is 0 Å². The maximum absolute atomic E-state index is 12.0. The zero-order valence-corrected chi connectivity index (χ0v) is 13.4. The lowest BCUT2D eigenvalue weighted by Crippen LogP contribution is -2.15. The summed E-state index contributed by atoms with van der Waals surface area (Å²) in [5.74, 6) is 0.0574. The summed E-state index contributed by atoms with van der Waals surface area (Å²) < 4.78 is 6.60. The molecule has 2 aromatic carbocycles. The molecule has 2 aromatic rings. The van der Waals surface area contributed by atoms with Gasteiger partial charge >= 0.3 is 0 Å². The van der Waals surface area contributed by atoms with Crippen LogP contribution in [0, 0.1) is 0 Å². The van der Waals surface area contributed by atoms with Crippen LogP contribution in [0.3, 0.4) is 0 Å². The van der Waals surface area contributed by atoms with Crippen LogP contribution in [0.4, 0.5) is 5.69 Å². The minimum Gasteiger partial charge on any atom is -0.378 e. The van der Waals surface area contributed by atoms with Gasteiger partial charge < -0.3 is 10.1 Å². The van der Waals surface area contributed by atoms with Gasteiger partial charge in [0.2, 0.25) is 5.91 Å². The Labute approximate surface area is 132 Å². The predicted octanol–water partition coefficient (Wildman–Crippen LogP) is 4.50. The van der Waals surface area contributed by atoms with E-state index in [2.05, 4.69) is 27.3 Å². The number of benzene rings is 2. The van der Waals surface area contributed by atoms with Crippen LogP contribution < -0.4 is 5.32 Å². The zero-order valence-electron chi connectivity index (χ0n) is 11.8. The van der Waals surface area contributed by atoms with Gasteiger partial charge in [-0.1, -0.05) is 28.1 Å². The number of amides is 1. The van der Waals surface area contributed by atoms with Crippen molar-refractivity contribution in [1.82, 2.24) is 0 Å². The summed E-state index contributed by atoms with van der Waals surface area (Å²) in [6.07, 6.45) is 3.80. The summed E-state index contributed by atoms with van der Waals surface area (Å²) >= 11 is 3.46. The van der Waals surface area contributed by atoms with E-state index in [9.17, 15) is 4.79 Å². The van der Waals surface area contributed by atoms with Crippen molar-refractivity contribution >= 4 is 38.3 Å². The molecule has 110 valence electrons. The largest absolute Gasteiger partial charge is 0.378 e. The molecule has 0 aliphatic carbocycles. The Morgan fingerprint density at radius 3 is 2.86 bits per heavy atom. The quantitative estimate of drug-likeness (QED) is 0.884. The van der Waals surface area contributed by atoms with Gasteiger partial charge in [0, 0.05) is 23.2 Å². The number of nitrogens with one attached hydrogen (secondary N) is 1. The predicted molar refractivity (Wildman–Crippen MR) is 88.5 cm³/mol. The topological polar surface area (TPSA) is 38.3 Å². The molecule has 1 saturated heterocycles. The number of rotatable bonds is 4. The van der Waals surface area contributed by atoms with Crippen molar-refractivity contribution in [3.05, 3.63) is 40.9 Å².